The molecule has 0 N–H and O–H groups in total. The minimum atomic E-state index is -0.180. The maximum absolute atomic E-state index is 13.4. The van der Waals surface area contributed by atoms with Crippen molar-refractivity contribution in [2.45, 2.75) is 11.8 Å². The number of benzene rings is 17. The first-order valence-electron chi connectivity index (χ1n) is 49.4. The fourth-order valence-corrected chi connectivity index (χ4v) is 30.3. The first-order chi connectivity index (χ1) is 73.7. The van der Waals surface area contributed by atoms with Crippen LogP contribution in [-0.4, -0.2) is 111 Å². The van der Waals surface area contributed by atoms with Gasteiger partial charge in [0.25, 0.3) is 0 Å². The number of carbonyl (C=O) groups excluding carboxylic acids is 8. The monoisotopic (exact) mass is 2200 g/mol. The fraction of sp³-hybridized carbons (Fsp3) is 0.0226. The van der Waals surface area contributed by atoms with Crippen molar-refractivity contribution < 1.29 is 38.4 Å². The van der Waals surface area contributed by atoms with E-state index in [4.69, 9.17) is 0 Å². The van der Waals surface area contributed by atoms with Crippen LogP contribution in [-0.2, 0) is 0 Å². The topological polar surface area (TPSA) is 153 Å². The number of allylic oxidation sites excluding steroid dienone is 4. The van der Waals surface area contributed by atoms with Crippen molar-refractivity contribution in [2.24, 2.45) is 0 Å². The van der Waals surface area contributed by atoms with E-state index < -0.39 is 0 Å². The molecule has 150 heavy (non-hydrogen) atoms. The zero-order chi connectivity index (χ0) is 101. The van der Waals surface area contributed by atoms with Crippen LogP contribution in [0.2, 0.25) is 0 Å². The molecule has 0 amide bonds. The Kier molecular flexibility index (Phi) is 23.7. The molecule has 0 spiro atoms. The Balaban J connectivity index is 0.000000101. The van der Waals surface area contributed by atoms with Crippen LogP contribution < -0.4 is 24.5 Å². The summed E-state index contributed by atoms with van der Waals surface area (Å²) in [6.45, 7) is 0. The summed E-state index contributed by atoms with van der Waals surface area (Å²) >= 11 is -0.308. The zero-order valence-corrected chi connectivity index (χ0v) is 87.2. The van der Waals surface area contributed by atoms with Gasteiger partial charge in [0, 0.05) is 0 Å². The molecule has 8 heterocycles. The van der Waals surface area contributed by atoms with Crippen LogP contribution in [0.5, 0.6) is 0 Å². The molecule has 0 unspecified atom stereocenters. The van der Waals surface area contributed by atoms with E-state index in [0.717, 1.165) is 78.0 Å². The van der Waals surface area contributed by atoms with E-state index in [1.54, 1.807) is 54.6 Å². The molecule has 4 aromatic heterocycles. The number of fused-ring (bicyclic) bond motifs is 17. The SMILES string of the molecule is CN1c2ccccc2N(c2ccc(C=C3C(=O)c4cc5ccccc5cc4C3=O)[se]2)c2ccccc21.O=C1C(=Cc2ccc(N3c4ccccc4-c4ccccc4-c4ccccc43)[se]2)C(=O)c2ccccc21.O=C1C(=Cc2ccc(N3c4ccccc4C(c4ccccc4)c4ccccc43)[se]2)C(=O)c2cc3ccccc3cc21.O=C1C(=Cc2ccc(N3c4ccccc4C(c4ccccc4)c4ccccc43)[se]2)C(=O)c2ccccc21. The molecule has 0 fully saturated rings. The van der Waals surface area contributed by atoms with Gasteiger partial charge in [-0.2, -0.15) is 0 Å². The van der Waals surface area contributed by atoms with Crippen LogP contribution in [0.3, 0.4) is 0 Å². The molecule has 0 bridgehead atoms. The summed E-state index contributed by atoms with van der Waals surface area (Å²) in [4.78, 5) is 117. The van der Waals surface area contributed by atoms with Crippen LogP contribution in [0.25, 0.3) is 68.1 Å². The average Bonchev–Trinajstić information content (AvgIpc) is 1.18. The zero-order valence-electron chi connectivity index (χ0n) is 80.3. The van der Waals surface area contributed by atoms with E-state index in [9.17, 15) is 38.4 Å². The van der Waals surface area contributed by atoms with Crippen molar-refractivity contribution in [2.75, 3.05) is 31.5 Å². The standard InChI is InChI=1S/C37H23NO2Se.C33H21NO2Se.C32H19NO2Se.C31H20N2O2Se/c39-36-29-20-24-12-4-5-13-25(24)21-30(29)37(40)31(36)22-26-18-19-34(41-26)38-32-16-8-6-14-27(32)35(23-10-2-1-3-11-23)28-15-7-9-17-33(28)38;35-32-23-12-4-5-13-24(23)33(36)27(32)20-22-18-19-30(37-22)34-28-16-8-6-14-25(28)31(21-10-2-1-3-11-21)26-15-7-9-17-29(26)34;34-31-25-13-3-4-14-26(25)32(35)27(31)19-20-17-18-30(36-20)33-28-15-7-5-11-23(28)21-9-1-2-10-22(21)24-12-6-8-16-29(24)33;1-32-25-10-4-6-12-27(25)33(28-13-7-5-11-26(28)32)29-15-14-21(36-29)18-24-30(34)22-16-19-8-2-3-9-20(19)17-23(22)31(24)35/h1-22,35H;1-20,31H;1-19H;2-18H,1H3. The first kappa shape index (κ1) is 92.4. The van der Waals surface area contributed by atoms with Crippen molar-refractivity contribution in [3.05, 3.63) is 567 Å². The third kappa shape index (κ3) is 16.1. The molecule has 17 heteroatoms. The summed E-state index contributed by atoms with van der Waals surface area (Å²) in [5.74, 6) is -1.13. The van der Waals surface area contributed by atoms with Gasteiger partial charge >= 0.3 is 896 Å². The summed E-state index contributed by atoms with van der Waals surface area (Å²) in [6.07, 6.45) is 7.25. The van der Waals surface area contributed by atoms with Gasteiger partial charge in [0.2, 0.25) is 0 Å². The van der Waals surface area contributed by atoms with Gasteiger partial charge in [0.1, 0.15) is 0 Å². The third-order valence-corrected chi connectivity index (χ3v) is 37.5. The first-order valence-corrected chi connectivity index (χ1v) is 56.3. The molecular formula is C133H83N5O8Se4. The predicted octanol–water partition coefficient (Wildman–Crippen LogP) is 29.7. The van der Waals surface area contributed by atoms with Gasteiger partial charge in [-0.05, 0) is 0 Å². The van der Waals surface area contributed by atoms with Gasteiger partial charge in [0.15, 0.2) is 0 Å². The quantitative estimate of drug-likeness (QED) is 0.0726. The normalized spacial score (nSPS) is 14.1. The molecule has 8 aliphatic rings. The van der Waals surface area contributed by atoms with Gasteiger partial charge < -0.3 is 0 Å². The molecule has 13 nitrogen and oxygen atoms in total. The minimum absolute atomic E-state index is 0.0663. The second kappa shape index (κ2) is 38.4. The maximum atomic E-state index is 13.4. The molecule has 0 saturated heterocycles. The van der Waals surface area contributed by atoms with Gasteiger partial charge in [0.05, 0.1) is 0 Å². The van der Waals surface area contributed by atoms with E-state index in [0.29, 0.717) is 44.5 Å². The van der Waals surface area contributed by atoms with Crippen LogP contribution in [0.1, 0.15) is 146 Å². The molecule has 29 rings (SSSR count). The van der Waals surface area contributed by atoms with E-state index >= 15 is 0 Å². The van der Waals surface area contributed by atoms with Crippen LogP contribution >= 0.6 is 0 Å². The van der Waals surface area contributed by atoms with Crippen molar-refractivity contribution in [3.63, 3.8) is 0 Å². The Morgan fingerprint density at radius 2 is 0.380 bits per heavy atom. The number of Topliss-reactive ketones (excluding diaryl/α,β-unsaturated/α-hetero) is 8. The number of ketones is 8. The molecule has 17 aromatic carbocycles. The number of nitrogens with zero attached hydrogens (tertiary/aromatic N) is 5. The van der Waals surface area contributed by atoms with Gasteiger partial charge in [-0.3, -0.25) is 0 Å². The van der Waals surface area contributed by atoms with E-state index in [1.807, 2.05) is 97.1 Å². The molecule has 0 atom stereocenters. The predicted molar refractivity (Wildman–Crippen MR) is 607 cm³/mol. The Morgan fingerprint density at radius 1 is 0.180 bits per heavy atom. The van der Waals surface area contributed by atoms with Crippen LogP contribution in [0.4, 0.5) is 75.1 Å². The van der Waals surface area contributed by atoms with Gasteiger partial charge in [-0.1, -0.05) is 0 Å². The Hall–Kier alpha value is -17.4. The third-order valence-electron chi connectivity index (χ3n) is 29.0. The molecule has 4 aliphatic carbocycles. The molecular weight excluding hydrogens is 2110 g/mol. The van der Waals surface area contributed by atoms with E-state index in [-0.39, 0.29) is 138 Å². The molecule has 0 radical (unpaired) electrons. The molecule has 21 aromatic rings. The molecule has 0 saturated carbocycles. The second-order valence-corrected chi connectivity index (χ2v) is 46.7. The number of rotatable bonds is 10. The summed E-state index contributed by atoms with van der Waals surface area (Å²) in [5.41, 5.74) is 29.0. The molecule has 712 valence electrons. The summed E-state index contributed by atoms with van der Waals surface area (Å²) in [6, 6.07) is 152. The van der Waals surface area contributed by atoms with E-state index in [2.05, 4.69) is 353 Å². The summed E-state index contributed by atoms with van der Waals surface area (Å²) in [7, 11) is 2.09. The fourth-order valence-electron chi connectivity index (χ4n) is 22.1. The Labute approximate surface area is 888 Å². The number of hydrogen-bond acceptors (Lipinski definition) is 13. The number of para-hydroxylation sites is 10. The number of anilines is 14. The van der Waals surface area contributed by atoms with Crippen LogP contribution in [0.15, 0.2) is 471 Å². The van der Waals surface area contributed by atoms with Crippen LogP contribution in [0, 0.1) is 0 Å². The van der Waals surface area contributed by atoms with E-state index in [1.165, 1.54) is 92.1 Å². The van der Waals surface area contributed by atoms with Gasteiger partial charge in [-0.15, -0.1) is 0 Å². The number of hydrogen-bond donors (Lipinski definition) is 0. The van der Waals surface area contributed by atoms with Crippen molar-refractivity contribution in [1.82, 2.24) is 0 Å². The second-order valence-electron chi connectivity index (χ2n) is 37.5. The molecule has 4 aliphatic heterocycles. The average molecular weight is 2190 g/mol. The van der Waals surface area contributed by atoms with Crippen molar-refractivity contribution in [3.8, 4) is 22.3 Å². The Morgan fingerprint density at radius 3 is 0.660 bits per heavy atom. The summed E-state index contributed by atoms with van der Waals surface area (Å²) < 4.78 is 8.76. The Bertz CT molecular complexity index is 9040. The summed E-state index contributed by atoms with van der Waals surface area (Å²) in [5, 5.41) is 3.88. The van der Waals surface area contributed by atoms with Gasteiger partial charge in [-0.25, -0.2) is 0 Å². The van der Waals surface area contributed by atoms with Crippen molar-refractivity contribution >= 4 is 225 Å². The van der Waals surface area contributed by atoms with Crippen molar-refractivity contribution in [1.29, 1.82) is 0 Å². The number of carbonyl (C=O) groups is 8.